The Kier molecular flexibility index (Phi) is 11.7. The van der Waals surface area contributed by atoms with Crippen molar-refractivity contribution in [2.45, 2.75) is 44.2 Å². The van der Waals surface area contributed by atoms with Gasteiger partial charge in [-0.25, -0.2) is 4.79 Å². The van der Waals surface area contributed by atoms with Gasteiger partial charge < -0.3 is 25.6 Å². The number of hydrogen-bond acceptors (Lipinski definition) is 10. The molecule has 2 heterocycles. The molecule has 3 N–H and O–H groups in total. The number of carbonyl (C=O) groups excluding carboxylic acids is 4. The van der Waals surface area contributed by atoms with E-state index in [1.54, 1.807) is 80.3 Å². The van der Waals surface area contributed by atoms with Gasteiger partial charge in [0, 0.05) is 39.7 Å². The van der Waals surface area contributed by atoms with Crippen LogP contribution in [0.2, 0.25) is 0 Å². The minimum atomic E-state index is -0.640. The Morgan fingerprint density at radius 3 is 2.44 bits per heavy atom. The molecule has 0 aliphatic carbocycles. The normalized spacial score (nSPS) is 12.6. The third-order valence-corrected chi connectivity index (χ3v) is 9.60. The number of nitrogens with zero attached hydrogens (tertiary/aromatic N) is 3. The minimum Gasteiger partial charge on any atom is -0.444 e. The second-order valence-electron chi connectivity index (χ2n) is 12.5. The molecule has 4 aromatic rings. The van der Waals surface area contributed by atoms with E-state index in [2.05, 4.69) is 22.0 Å². The van der Waals surface area contributed by atoms with Crippen LogP contribution in [0.5, 0.6) is 0 Å². The number of rotatable bonds is 10. The molecule has 0 unspecified atom stereocenters. The van der Waals surface area contributed by atoms with Crippen LogP contribution in [0.15, 0.2) is 89.5 Å². The number of hydrogen-bond donors (Lipinski definition) is 3. The number of nitro benzene ring substituents is 1. The summed E-state index contributed by atoms with van der Waals surface area (Å²) >= 11 is 2.49. The lowest BCUT2D eigenvalue weighted by atomic mass is 10.0. The van der Waals surface area contributed by atoms with Gasteiger partial charge in [-0.1, -0.05) is 24.3 Å². The Morgan fingerprint density at radius 2 is 1.77 bits per heavy atom. The van der Waals surface area contributed by atoms with Gasteiger partial charge >= 0.3 is 6.09 Å². The van der Waals surface area contributed by atoms with Crippen LogP contribution >= 0.6 is 23.1 Å². The molecule has 0 fully saturated rings. The van der Waals surface area contributed by atoms with Crippen molar-refractivity contribution in [3.05, 3.63) is 122 Å². The van der Waals surface area contributed by atoms with Crippen molar-refractivity contribution >= 4 is 69.4 Å². The van der Waals surface area contributed by atoms with Gasteiger partial charge in [-0.2, -0.15) is 5.26 Å². The van der Waals surface area contributed by atoms with Gasteiger partial charge in [-0.3, -0.25) is 24.5 Å². The van der Waals surface area contributed by atoms with E-state index in [-0.39, 0.29) is 29.6 Å². The third kappa shape index (κ3) is 9.83. The first-order chi connectivity index (χ1) is 24.8. The Balaban J connectivity index is 1.24. The van der Waals surface area contributed by atoms with E-state index in [1.807, 2.05) is 0 Å². The first kappa shape index (κ1) is 37.3. The van der Waals surface area contributed by atoms with Crippen molar-refractivity contribution in [1.29, 1.82) is 5.26 Å². The Hall–Kier alpha value is -5.98. The van der Waals surface area contributed by atoms with Crippen LogP contribution in [0.25, 0.3) is 6.08 Å². The molecular formula is C37H34N6O7S2. The highest BCUT2D eigenvalue weighted by Gasteiger charge is 2.30. The fourth-order valence-corrected chi connectivity index (χ4v) is 7.05. The van der Waals surface area contributed by atoms with Crippen LogP contribution in [0, 0.1) is 21.4 Å². The number of thioether (sulfide) groups is 1. The largest absolute Gasteiger partial charge is 0.444 e. The highest BCUT2D eigenvalue weighted by molar-refractivity contribution is 8.00. The van der Waals surface area contributed by atoms with Gasteiger partial charge in [0.05, 0.1) is 22.8 Å². The quantitative estimate of drug-likeness (QED) is 0.0670. The van der Waals surface area contributed by atoms with E-state index in [0.29, 0.717) is 45.2 Å². The molecule has 13 nitrogen and oxygen atoms in total. The molecule has 5 rings (SSSR count). The molecule has 0 saturated carbocycles. The zero-order chi connectivity index (χ0) is 37.4. The lowest BCUT2D eigenvalue weighted by molar-refractivity contribution is -0.384. The van der Waals surface area contributed by atoms with Crippen LogP contribution in [-0.4, -0.2) is 51.5 Å². The number of fused-ring (bicyclic) bond motifs is 1. The summed E-state index contributed by atoms with van der Waals surface area (Å²) < 4.78 is 5.49. The van der Waals surface area contributed by atoms with E-state index in [1.165, 1.54) is 53.4 Å². The van der Waals surface area contributed by atoms with Crippen molar-refractivity contribution < 1.29 is 28.8 Å². The van der Waals surface area contributed by atoms with Gasteiger partial charge in [0.25, 0.3) is 17.5 Å². The zero-order valence-electron chi connectivity index (χ0n) is 28.4. The van der Waals surface area contributed by atoms with E-state index in [0.717, 1.165) is 10.4 Å². The van der Waals surface area contributed by atoms with Gasteiger partial charge in [0.15, 0.2) is 0 Å². The molecular weight excluding hydrogens is 705 g/mol. The fourth-order valence-electron chi connectivity index (χ4n) is 5.07. The maximum absolute atomic E-state index is 13.5. The predicted octanol–water partition coefficient (Wildman–Crippen LogP) is 6.96. The summed E-state index contributed by atoms with van der Waals surface area (Å²) in [4.78, 5) is 65.7. The fraction of sp³-hybridized carbons (Fsp3) is 0.216. The lowest BCUT2D eigenvalue weighted by Crippen LogP contribution is -2.39. The van der Waals surface area contributed by atoms with E-state index < -0.39 is 28.4 Å². The number of amides is 4. The molecule has 0 atom stereocenters. The summed E-state index contributed by atoms with van der Waals surface area (Å²) in [6.45, 7) is 6.08. The summed E-state index contributed by atoms with van der Waals surface area (Å²) in [5, 5.41) is 29.6. The molecule has 15 heteroatoms. The number of anilines is 2. The summed E-state index contributed by atoms with van der Waals surface area (Å²) in [7, 11) is 0. The number of nitrogens with one attached hydrogen (secondary N) is 3. The minimum absolute atomic E-state index is 0.00724. The molecule has 1 aliphatic heterocycles. The molecule has 0 radical (unpaired) electrons. The second kappa shape index (κ2) is 16.4. The van der Waals surface area contributed by atoms with Crippen molar-refractivity contribution in [2.75, 3.05) is 22.9 Å². The Morgan fingerprint density at radius 1 is 1.04 bits per heavy atom. The molecule has 1 aromatic heterocycles. The highest BCUT2D eigenvalue weighted by Crippen LogP contribution is 2.37. The van der Waals surface area contributed by atoms with Gasteiger partial charge in [0.1, 0.15) is 22.4 Å². The number of nitro groups is 1. The summed E-state index contributed by atoms with van der Waals surface area (Å²) in [6, 6.07) is 22.9. The molecule has 1 aliphatic rings. The summed E-state index contributed by atoms with van der Waals surface area (Å²) in [5.74, 6) is -1.49. The van der Waals surface area contributed by atoms with Gasteiger partial charge in [-0.05, 0) is 86.9 Å². The number of benzene rings is 3. The molecule has 3 aromatic carbocycles. The predicted molar refractivity (Wildman–Crippen MR) is 199 cm³/mol. The van der Waals surface area contributed by atoms with Crippen LogP contribution < -0.4 is 16.0 Å². The number of nitriles is 1. The molecule has 266 valence electrons. The monoisotopic (exact) mass is 738 g/mol. The number of thiophene rings is 1. The maximum Gasteiger partial charge on any atom is 0.410 e. The lowest BCUT2D eigenvalue weighted by Gasteiger charge is -2.29. The van der Waals surface area contributed by atoms with Crippen LogP contribution in [0.1, 0.15) is 52.7 Å². The molecule has 0 bridgehead atoms. The molecule has 52 heavy (non-hydrogen) atoms. The van der Waals surface area contributed by atoms with Crippen molar-refractivity contribution in [1.82, 2.24) is 10.2 Å². The molecule has 4 amide bonds. The van der Waals surface area contributed by atoms with Crippen LogP contribution in [0.4, 0.5) is 21.2 Å². The van der Waals surface area contributed by atoms with E-state index in [4.69, 9.17) is 4.74 Å². The SMILES string of the molecule is CC(C)(C)OC(=O)N1CCc2c(sc(NC(=O)CSc3cccc(NC(=O)/C(=C\c4ccc([N+](=O)[O-])cc4)NC(=O)c4ccccc4)c3)c2C#N)C1. The van der Waals surface area contributed by atoms with Gasteiger partial charge in [0.2, 0.25) is 5.91 Å². The van der Waals surface area contributed by atoms with Gasteiger partial charge in [-0.15, -0.1) is 23.1 Å². The topological polar surface area (TPSA) is 184 Å². The second-order valence-corrected chi connectivity index (χ2v) is 14.7. The van der Waals surface area contributed by atoms with Crippen molar-refractivity contribution in [3.8, 4) is 6.07 Å². The zero-order valence-corrected chi connectivity index (χ0v) is 30.1. The molecule has 0 saturated heterocycles. The molecule has 0 spiro atoms. The average Bonchev–Trinajstić information content (AvgIpc) is 3.46. The van der Waals surface area contributed by atoms with Crippen molar-refractivity contribution in [2.24, 2.45) is 0 Å². The first-order valence-electron chi connectivity index (χ1n) is 16.0. The summed E-state index contributed by atoms with van der Waals surface area (Å²) in [5.41, 5.74) is 1.53. The van der Waals surface area contributed by atoms with Crippen LogP contribution in [-0.2, 0) is 27.3 Å². The van der Waals surface area contributed by atoms with E-state index in [9.17, 15) is 34.6 Å². The average molecular weight is 739 g/mol. The number of ether oxygens (including phenoxy) is 1. The highest BCUT2D eigenvalue weighted by atomic mass is 32.2. The smallest absolute Gasteiger partial charge is 0.410 e. The van der Waals surface area contributed by atoms with Crippen LogP contribution in [0.3, 0.4) is 0 Å². The summed E-state index contributed by atoms with van der Waals surface area (Å²) in [6.07, 6.45) is 1.45. The Bertz CT molecular complexity index is 2080. The Labute approximate surface area is 307 Å². The first-order valence-corrected chi connectivity index (χ1v) is 17.8. The van der Waals surface area contributed by atoms with E-state index >= 15 is 0 Å². The maximum atomic E-state index is 13.5. The number of non-ortho nitro benzene ring substituents is 1. The van der Waals surface area contributed by atoms with Crippen molar-refractivity contribution in [3.63, 3.8) is 0 Å². The number of carbonyl (C=O) groups is 4. The standard InChI is InChI=1S/C37H34N6O7S2/c1-37(2,3)50-36(47)42-17-16-28-29(20-38)35(52-31(28)21-42)41-32(44)22-51-27-11-7-10-25(19-27)39-34(46)30(40-33(45)24-8-5-4-6-9-24)18-23-12-14-26(15-13-23)43(48)49/h4-15,18-19H,16-17,21-22H2,1-3H3,(H,39,46)(H,40,45)(H,41,44)/b30-18+. The third-order valence-electron chi connectivity index (χ3n) is 7.48.